The van der Waals surface area contributed by atoms with E-state index >= 15 is 0 Å². The number of aldehydes is 1. The molecule has 0 saturated carbocycles. The number of nitrogens with zero attached hydrogens (tertiary/aromatic N) is 2. The molecule has 0 amide bonds. The van der Waals surface area contributed by atoms with E-state index in [1.54, 1.807) is 18.3 Å². The van der Waals surface area contributed by atoms with Gasteiger partial charge in [0.1, 0.15) is 12.1 Å². The molecular formula is C10H8N2O. The molecule has 2 heterocycles. The summed E-state index contributed by atoms with van der Waals surface area (Å²) in [6, 6.07) is 7.25. The van der Waals surface area contributed by atoms with Gasteiger partial charge in [-0.15, -0.1) is 0 Å². The summed E-state index contributed by atoms with van der Waals surface area (Å²) in [6.07, 6.45) is 6.21. The minimum atomic E-state index is 0.638. The molecule has 0 aliphatic rings. The van der Waals surface area contributed by atoms with E-state index in [0.29, 0.717) is 5.56 Å². The fourth-order valence-corrected chi connectivity index (χ4v) is 1.14. The average molecular weight is 172 g/mol. The Morgan fingerprint density at radius 3 is 2.77 bits per heavy atom. The zero-order valence-corrected chi connectivity index (χ0v) is 6.92. The van der Waals surface area contributed by atoms with Crippen LogP contribution in [-0.4, -0.2) is 15.8 Å². The summed E-state index contributed by atoms with van der Waals surface area (Å²) < 4.78 is 1.85. The normalized spacial score (nSPS) is 9.85. The van der Waals surface area contributed by atoms with Crippen LogP contribution in [0.2, 0.25) is 0 Å². The van der Waals surface area contributed by atoms with Crippen molar-refractivity contribution < 1.29 is 4.79 Å². The van der Waals surface area contributed by atoms with E-state index in [2.05, 4.69) is 4.98 Å². The first-order valence-corrected chi connectivity index (χ1v) is 3.95. The number of hydrogen-bond donors (Lipinski definition) is 0. The lowest BCUT2D eigenvalue weighted by Gasteiger charge is -2.00. The second kappa shape index (κ2) is 3.23. The quantitative estimate of drug-likeness (QED) is 0.646. The van der Waals surface area contributed by atoms with Gasteiger partial charge in [0.2, 0.25) is 0 Å². The Morgan fingerprint density at radius 1 is 1.31 bits per heavy atom. The highest BCUT2D eigenvalue weighted by Gasteiger charge is 1.96. The van der Waals surface area contributed by atoms with Gasteiger partial charge in [-0.1, -0.05) is 0 Å². The third-order valence-corrected chi connectivity index (χ3v) is 1.77. The fraction of sp³-hybridized carbons (Fsp3) is 0. The Kier molecular flexibility index (Phi) is 1.92. The van der Waals surface area contributed by atoms with E-state index in [1.807, 2.05) is 29.1 Å². The molecule has 3 heteroatoms. The Hall–Kier alpha value is -1.90. The summed E-state index contributed by atoms with van der Waals surface area (Å²) in [7, 11) is 0. The average Bonchev–Trinajstić information content (AvgIpc) is 2.71. The first kappa shape index (κ1) is 7.73. The fourth-order valence-electron chi connectivity index (χ4n) is 1.14. The number of carbonyl (C=O) groups is 1. The van der Waals surface area contributed by atoms with Crippen molar-refractivity contribution >= 4 is 6.29 Å². The van der Waals surface area contributed by atoms with E-state index in [1.165, 1.54) is 0 Å². The van der Waals surface area contributed by atoms with Crippen molar-refractivity contribution in [3.63, 3.8) is 0 Å². The molecule has 0 aliphatic carbocycles. The molecular weight excluding hydrogens is 164 g/mol. The van der Waals surface area contributed by atoms with Crippen LogP contribution >= 0.6 is 0 Å². The molecule has 0 N–H and O–H groups in total. The molecule has 0 saturated heterocycles. The maximum absolute atomic E-state index is 10.5. The van der Waals surface area contributed by atoms with Crippen LogP contribution in [0.25, 0.3) is 5.82 Å². The molecule has 0 unspecified atom stereocenters. The lowest BCUT2D eigenvalue weighted by atomic mass is 10.3. The molecule has 0 spiro atoms. The topological polar surface area (TPSA) is 34.9 Å². The van der Waals surface area contributed by atoms with E-state index < -0.39 is 0 Å². The standard InChI is InChI=1S/C10H8N2O/c13-8-9-3-4-11-10(7-9)12-5-1-2-6-12/h1-8H. The van der Waals surface area contributed by atoms with Crippen molar-refractivity contribution in [2.24, 2.45) is 0 Å². The van der Waals surface area contributed by atoms with Gasteiger partial charge < -0.3 is 4.57 Å². The van der Waals surface area contributed by atoms with Crippen molar-refractivity contribution in [3.8, 4) is 5.82 Å². The number of aromatic nitrogens is 2. The number of pyridine rings is 1. The molecule has 0 aliphatic heterocycles. The largest absolute Gasteiger partial charge is 0.309 e. The molecule has 2 aromatic rings. The van der Waals surface area contributed by atoms with Gasteiger partial charge in [-0.05, 0) is 24.3 Å². The number of carbonyl (C=O) groups excluding carboxylic acids is 1. The van der Waals surface area contributed by atoms with Gasteiger partial charge >= 0.3 is 0 Å². The molecule has 0 atom stereocenters. The van der Waals surface area contributed by atoms with E-state index in [4.69, 9.17) is 0 Å². The third kappa shape index (κ3) is 1.49. The van der Waals surface area contributed by atoms with Gasteiger partial charge in [0.05, 0.1) is 0 Å². The second-order valence-electron chi connectivity index (χ2n) is 2.66. The molecule has 0 bridgehead atoms. The second-order valence-corrected chi connectivity index (χ2v) is 2.66. The summed E-state index contributed by atoms with van der Waals surface area (Å²) in [4.78, 5) is 14.6. The highest BCUT2D eigenvalue weighted by Crippen LogP contribution is 2.05. The molecule has 2 rings (SSSR count). The van der Waals surface area contributed by atoms with Crippen molar-refractivity contribution in [1.29, 1.82) is 0 Å². The Morgan fingerprint density at radius 2 is 2.08 bits per heavy atom. The summed E-state index contributed by atoms with van der Waals surface area (Å²) in [6.45, 7) is 0. The predicted octanol–water partition coefficient (Wildman–Crippen LogP) is 1.68. The summed E-state index contributed by atoms with van der Waals surface area (Å²) in [5.41, 5.74) is 0.638. The summed E-state index contributed by atoms with van der Waals surface area (Å²) in [5, 5.41) is 0. The maximum Gasteiger partial charge on any atom is 0.150 e. The Bertz CT molecular complexity index is 407. The minimum Gasteiger partial charge on any atom is -0.309 e. The van der Waals surface area contributed by atoms with Crippen molar-refractivity contribution in [2.45, 2.75) is 0 Å². The van der Waals surface area contributed by atoms with Gasteiger partial charge in [0.15, 0.2) is 0 Å². The van der Waals surface area contributed by atoms with Crippen LogP contribution in [0.5, 0.6) is 0 Å². The first-order valence-electron chi connectivity index (χ1n) is 3.95. The maximum atomic E-state index is 10.5. The van der Waals surface area contributed by atoms with E-state index in [9.17, 15) is 4.79 Å². The highest BCUT2D eigenvalue weighted by molar-refractivity contribution is 5.75. The van der Waals surface area contributed by atoms with Crippen LogP contribution in [0, 0.1) is 0 Å². The van der Waals surface area contributed by atoms with Crippen LogP contribution in [-0.2, 0) is 0 Å². The van der Waals surface area contributed by atoms with Crippen LogP contribution < -0.4 is 0 Å². The molecule has 64 valence electrons. The Labute approximate surface area is 75.7 Å². The van der Waals surface area contributed by atoms with Crippen molar-refractivity contribution in [1.82, 2.24) is 9.55 Å². The monoisotopic (exact) mass is 172 g/mol. The van der Waals surface area contributed by atoms with Crippen molar-refractivity contribution in [2.75, 3.05) is 0 Å². The lowest BCUT2D eigenvalue weighted by molar-refractivity contribution is 0.112. The van der Waals surface area contributed by atoms with Gasteiger partial charge in [-0.3, -0.25) is 4.79 Å². The molecule has 0 radical (unpaired) electrons. The SMILES string of the molecule is O=Cc1ccnc(-n2cccc2)c1. The molecule has 3 nitrogen and oxygen atoms in total. The number of rotatable bonds is 2. The van der Waals surface area contributed by atoms with E-state index in [0.717, 1.165) is 12.1 Å². The van der Waals surface area contributed by atoms with Crippen LogP contribution in [0.15, 0.2) is 42.9 Å². The van der Waals surface area contributed by atoms with Gasteiger partial charge in [-0.25, -0.2) is 4.98 Å². The smallest absolute Gasteiger partial charge is 0.150 e. The van der Waals surface area contributed by atoms with Crippen LogP contribution in [0.1, 0.15) is 10.4 Å². The lowest BCUT2D eigenvalue weighted by Crippen LogP contribution is -1.94. The molecule has 13 heavy (non-hydrogen) atoms. The van der Waals surface area contributed by atoms with Crippen molar-refractivity contribution in [3.05, 3.63) is 48.4 Å². The molecule has 0 aromatic carbocycles. The molecule has 0 fully saturated rings. The van der Waals surface area contributed by atoms with E-state index in [-0.39, 0.29) is 0 Å². The third-order valence-electron chi connectivity index (χ3n) is 1.77. The minimum absolute atomic E-state index is 0.638. The molecule has 2 aromatic heterocycles. The van der Waals surface area contributed by atoms with Gasteiger partial charge in [0.25, 0.3) is 0 Å². The number of hydrogen-bond acceptors (Lipinski definition) is 2. The predicted molar refractivity (Wildman–Crippen MR) is 49.0 cm³/mol. The van der Waals surface area contributed by atoms with Crippen LogP contribution in [0.3, 0.4) is 0 Å². The zero-order chi connectivity index (χ0) is 9.10. The Balaban J connectivity index is 2.47. The first-order chi connectivity index (χ1) is 6.40. The zero-order valence-electron chi connectivity index (χ0n) is 6.92. The van der Waals surface area contributed by atoms with Gasteiger partial charge in [-0.2, -0.15) is 0 Å². The van der Waals surface area contributed by atoms with Gasteiger partial charge in [0, 0.05) is 24.2 Å². The summed E-state index contributed by atoms with van der Waals surface area (Å²) >= 11 is 0. The highest BCUT2D eigenvalue weighted by atomic mass is 16.1. The van der Waals surface area contributed by atoms with Crippen LogP contribution in [0.4, 0.5) is 0 Å². The summed E-state index contributed by atoms with van der Waals surface area (Å²) in [5.74, 6) is 0.759.